The highest BCUT2D eigenvalue weighted by molar-refractivity contribution is 7.93. The lowest BCUT2D eigenvalue weighted by molar-refractivity contribution is -0.135. The Morgan fingerprint density at radius 1 is 1.55 bits per heavy atom. The molecule has 0 saturated carbocycles. The third-order valence-corrected chi connectivity index (χ3v) is 4.90. The zero-order chi connectivity index (χ0) is 15.3. The molecule has 0 radical (unpaired) electrons. The van der Waals surface area contributed by atoms with Crippen LogP contribution >= 0.6 is 11.6 Å². The SMILES string of the molecule is CCC(C#N)S(=O)(=O)N(CC(=O)O)c1cccc(Cl)c1. The summed E-state index contributed by atoms with van der Waals surface area (Å²) in [5.74, 6) is -1.32. The van der Waals surface area contributed by atoms with Crippen LogP contribution in [0.3, 0.4) is 0 Å². The molecule has 0 aliphatic carbocycles. The number of aliphatic carboxylic acids is 1. The molecule has 20 heavy (non-hydrogen) atoms. The third-order valence-electron chi connectivity index (χ3n) is 2.56. The highest BCUT2D eigenvalue weighted by atomic mass is 35.5. The Balaban J connectivity index is 3.34. The Morgan fingerprint density at radius 3 is 2.65 bits per heavy atom. The number of carbonyl (C=O) groups is 1. The van der Waals surface area contributed by atoms with Gasteiger partial charge in [0.25, 0.3) is 10.0 Å². The highest BCUT2D eigenvalue weighted by Gasteiger charge is 2.32. The monoisotopic (exact) mass is 316 g/mol. The molecule has 0 heterocycles. The molecule has 0 aliphatic rings. The van der Waals surface area contributed by atoms with Crippen molar-refractivity contribution >= 4 is 33.3 Å². The number of rotatable bonds is 6. The van der Waals surface area contributed by atoms with Gasteiger partial charge in [-0.15, -0.1) is 0 Å². The average molecular weight is 317 g/mol. The lowest BCUT2D eigenvalue weighted by atomic mass is 10.3. The first-order valence-corrected chi connectivity index (χ1v) is 7.59. The van der Waals surface area contributed by atoms with Gasteiger partial charge in [-0.05, 0) is 24.6 Å². The van der Waals surface area contributed by atoms with E-state index in [0.29, 0.717) is 4.31 Å². The van der Waals surface area contributed by atoms with Gasteiger partial charge >= 0.3 is 5.97 Å². The first kappa shape index (κ1) is 16.3. The number of carboxylic acid groups (broad SMARTS) is 1. The van der Waals surface area contributed by atoms with Gasteiger partial charge < -0.3 is 5.11 Å². The quantitative estimate of drug-likeness (QED) is 0.863. The molecule has 8 heteroatoms. The van der Waals surface area contributed by atoms with Crippen molar-refractivity contribution in [1.82, 2.24) is 0 Å². The van der Waals surface area contributed by atoms with Crippen LogP contribution < -0.4 is 4.31 Å². The van der Waals surface area contributed by atoms with E-state index in [9.17, 15) is 13.2 Å². The number of halogens is 1. The lowest BCUT2D eigenvalue weighted by Gasteiger charge is -2.24. The second kappa shape index (κ2) is 6.59. The van der Waals surface area contributed by atoms with E-state index >= 15 is 0 Å². The normalized spacial score (nSPS) is 12.4. The Bertz CT molecular complexity index is 639. The number of carboxylic acids is 1. The maximum atomic E-state index is 12.3. The van der Waals surface area contributed by atoms with E-state index in [1.54, 1.807) is 13.0 Å². The molecule has 1 aromatic carbocycles. The molecule has 1 atom stereocenters. The minimum atomic E-state index is -4.10. The molecular weight excluding hydrogens is 304 g/mol. The van der Waals surface area contributed by atoms with E-state index in [4.69, 9.17) is 22.0 Å². The van der Waals surface area contributed by atoms with Crippen LogP contribution in [0.25, 0.3) is 0 Å². The van der Waals surface area contributed by atoms with Gasteiger partial charge in [0, 0.05) is 5.02 Å². The molecule has 0 saturated heterocycles. The maximum Gasteiger partial charge on any atom is 0.324 e. The Hall–Kier alpha value is -1.78. The molecule has 1 rings (SSSR count). The van der Waals surface area contributed by atoms with Gasteiger partial charge in [-0.25, -0.2) is 8.42 Å². The van der Waals surface area contributed by atoms with Gasteiger partial charge in [0.15, 0.2) is 5.25 Å². The second-order valence-electron chi connectivity index (χ2n) is 3.95. The van der Waals surface area contributed by atoms with Gasteiger partial charge in [0.1, 0.15) is 6.54 Å². The summed E-state index contributed by atoms with van der Waals surface area (Å²) in [6.45, 7) is 0.781. The third kappa shape index (κ3) is 3.62. The Kier molecular flexibility index (Phi) is 5.36. The first-order valence-electron chi connectivity index (χ1n) is 5.71. The van der Waals surface area contributed by atoms with Crippen LogP contribution in [0.15, 0.2) is 24.3 Å². The van der Waals surface area contributed by atoms with Crippen molar-refractivity contribution in [2.45, 2.75) is 18.6 Å². The van der Waals surface area contributed by atoms with Crippen molar-refractivity contribution in [2.75, 3.05) is 10.8 Å². The van der Waals surface area contributed by atoms with Crippen molar-refractivity contribution in [3.8, 4) is 6.07 Å². The number of benzene rings is 1. The summed E-state index contributed by atoms with van der Waals surface area (Å²) in [6, 6.07) is 7.49. The number of hydrogen-bond acceptors (Lipinski definition) is 4. The fraction of sp³-hybridized carbons (Fsp3) is 0.333. The molecule has 0 aromatic heterocycles. The van der Waals surface area contributed by atoms with E-state index in [2.05, 4.69) is 0 Å². The molecule has 108 valence electrons. The van der Waals surface area contributed by atoms with E-state index in [1.807, 2.05) is 0 Å². The average Bonchev–Trinajstić information content (AvgIpc) is 2.36. The van der Waals surface area contributed by atoms with Crippen molar-refractivity contribution in [3.05, 3.63) is 29.3 Å². The fourth-order valence-electron chi connectivity index (χ4n) is 1.60. The van der Waals surface area contributed by atoms with Gasteiger partial charge in [-0.3, -0.25) is 9.10 Å². The zero-order valence-corrected chi connectivity index (χ0v) is 12.2. The van der Waals surface area contributed by atoms with Crippen LogP contribution in [0.1, 0.15) is 13.3 Å². The molecule has 1 unspecified atom stereocenters. The molecule has 0 fully saturated rings. The smallest absolute Gasteiger partial charge is 0.324 e. The second-order valence-corrected chi connectivity index (χ2v) is 6.43. The van der Waals surface area contributed by atoms with E-state index < -0.39 is 27.8 Å². The van der Waals surface area contributed by atoms with Crippen molar-refractivity contribution in [2.24, 2.45) is 0 Å². The van der Waals surface area contributed by atoms with Crippen LogP contribution in [-0.4, -0.2) is 31.3 Å². The van der Waals surface area contributed by atoms with Crippen molar-refractivity contribution in [3.63, 3.8) is 0 Å². The molecule has 6 nitrogen and oxygen atoms in total. The summed E-state index contributed by atoms with van der Waals surface area (Å²) in [5.41, 5.74) is 0.119. The van der Waals surface area contributed by atoms with E-state index in [0.717, 1.165) is 0 Å². The largest absolute Gasteiger partial charge is 0.480 e. The lowest BCUT2D eigenvalue weighted by Crippen LogP contribution is -2.41. The Labute approximate surface area is 122 Å². The molecule has 0 spiro atoms. The van der Waals surface area contributed by atoms with Crippen LogP contribution in [0.5, 0.6) is 0 Å². The summed E-state index contributed by atoms with van der Waals surface area (Å²) in [4.78, 5) is 10.9. The summed E-state index contributed by atoms with van der Waals surface area (Å²) in [7, 11) is -4.10. The van der Waals surface area contributed by atoms with Crippen LogP contribution in [0.4, 0.5) is 5.69 Å². The molecule has 1 aromatic rings. The first-order chi connectivity index (χ1) is 9.32. The van der Waals surface area contributed by atoms with Gasteiger partial charge in [0.05, 0.1) is 11.8 Å². The van der Waals surface area contributed by atoms with Gasteiger partial charge in [-0.1, -0.05) is 24.6 Å². The molecular formula is C12H13ClN2O4S. The van der Waals surface area contributed by atoms with E-state index in [1.165, 1.54) is 24.3 Å². The summed E-state index contributed by atoms with van der Waals surface area (Å²) in [5, 5.41) is 16.8. The minimum Gasteiger partial charge on any atom is -0.480 e. The predicted octanol–water partition coefficient (Wildman–Crippen LogP) is 1.86. The maximum absolute atomic E-state index is 12.3. The number of anilines is 1. The number of sulfonamides is 1. The van der Waals surface area contributed by atoms with Gasteiger partial charge in [-0.2, -0.15) is 5.26 Å². The molecule has 0 bridgehead atoms. The summed E-state index contributed by atoms with van der Waals surface area (Å²) in [6.07, 6.45) is 0.0650. The summed E-state index contributed by atoms with van der Waals surface area (Å²) >= 11 is 5.79. The molecule has 0 aliphatic heterocycles. The minimum absolute atomic E-state index is 0.0650. The Morgan fingerprint density at radius 2 is 2.20 bits per heavy atom. The van der Waals surface area contributed by atoms with Crippen LogP contribution in [0, 0.1) is 11.3 Å². The molecule has 0 amide bonds. The van der Waals surface area contributed by atoms with E-state index in [-0.39, 0.29) is 17.1 Å². The van der Waals surface area contributed by atoms with Gasteiger partial charge in [0.2, 0.25) is 0 Å². The van der Waals surface area contributed by atoms with Crippen LogP contribution in [-0.2, 0) is 14.8 Å². The van der Waals surface area contributed by atoms with Crippen LogP contribution in [0.2, 0.25) is 5.02 Å². The van der Waals surface area contributed by atoms with Crippen molar-refractivity contribution in [1.29, 1.82) is 5.26 Å². The number of hydrogen-bond donors (Lipinski definition) is 1. The standard InChI is InChI=1S/C12H13ClN2O4S/c1-2-11(7-14)20(18,19)15(8-12(16)17)10-5-3-4-9(13)6-10/h3-6,11H,2,8H2,1H3,(H,16,17). The zero-order valence-electron chi connectivity index (χ0n) is 10.7. The predicted molar refractivity (Wildman–Crippen MR) is 75.0 cm³/mol. The molecule has 1 N–H and O–H groups in total. The van der Waals surface area contributed by atoms with Crippen molar-refractivity contribution < 1.29 is 18.3 Å². The number of nitriles is 1. The highest BCUT2D eigenvalue weighted by Crippen LogP contribution is 2.24. The summed E-state index contributed by atoms with van der Waals surface area (Å²) < 4.78 is 25.4. The topological polar surface area (TPSA) is 98.5 Å². The number of nitrogens with zero attached hydrogens (tertiary/aromatic N) is 2. The fourth-order valence-corrected chi connectivity index (χ4v) is 3.35.